The van der Waals surface area contributed by atoms with Crippen molar-refractivity contribution in [1.82, 2.24) is 0 Å². The molecule has 0 saturated carbocycles. The highest BCUT2D eigenvalue weighted by molar-refractivity contribution is 5.56. The molecule has 2 aromatic rings. The van der Waals surface area contributed by atoms with Gasteiger partial charge in [0.25, 0.3) is 0 Å². The van der Waals surface area contributed by atoms with Crippen molar-refractivity contribution in [3.8, 4) is 23.0 Å². The van der Waals surface area contributed by atoms with Crippen molar-refractivity contribution in [2.45, 2.75) is 18.8 Å². The van der Waals surface area contributed by atoms with Gasteiger partial charge in [0.2, 0.25) is 0 Å². The van der Waals surface area contributed by atoms with E-state index in [1.54, 1.807) is 28.4 Å². The van der Waals surface area contributed by atoms with Gasteiger partial charge in [-0.2, -0.15) is 0 Å². The van der Waals surface area contributed by atoms with E-state index in [2.05, 4.69) is 36.4 Å². The maximum Gasteiger partial charge on any atom is 0.161 e. The smallest absolute Gasteiger partial charge is 0.161 e. The van der Waals surface area contributed by atoms with Crippen LogP contribution >= 0.6 is 0 Å². The van der Waals surface area contributed by atoms with Crippen LogP contribution in [-0.2, 0) is 0 Å². The van der Waals surface area contributed by atoms with Gasteiger partial charge in [0.15, 0.2) is 23.0 Å². The molecule has 0 fully saturated rings. The van der Waals surface area contributed by atoms with Crippen molar-refractivity contribution in [1.29, 1.82) is 0 Å². The first-order valence-electron chi connectivity index (χ1n) is 9.49. The Labute approximate surface area is 167 Å². The summed E-state index contributed by atoms with van der Waals surface area (Å²) in [5.41, 5.74) is 2.33. The molecule has 1 aliphatic rings. The highest BCUT2D eigenvalue weighted by atomic mass is 16.5. The average molecular weight is 380 g/mol. The van der Waals surface area contributed by atoms with Crippen LogP contribution < -0.4 is 18.9 Å². The van der Waals surface area contributed by atoms with Gasteiger partial charge in [0.05, 0.1) is 28.4 Å². The molecule has 1 aliphatic carbocycles. The number of ether oxygens (including phenoxy) is 4. The second-order valence-corrected chi connectivity index (χ2v) is 6.78. The Hall–Kier alpha value is -2.88. The van der Waals surface area contributed by atoms with E-state index in [-0.39, 0.29) is 0 Å². The molecule has 28 heavy (non-hydrogen) atoms. The number of methoxy groups -OCH3 is 4. The summed E-state index contributed by atoms with van der Waals surface area (Å²) in [4.78, 5) is 0. The van der Waals surface area contributed by atoms with Gasteiger partial charge in [0, 0.05) is 5.92 Å². The molecule has 0 N–H and O–H groups in total. The Kier molecular flexibility index (Phi) is 6.64. The predicted molar refractivity (Wildman–Crippen MR) is 113 cm³/mol. The van der Waals surface area contributed by atoms with E-state index in [1.807, 2.05) is 24.3 Å². The second-order valence-electron chi connectivity index (χ2n) is 6.78. The Morgan fingerprint density at radius 3 is 2.11 bits per heavy atom. The van der Waals surface area contributed by atoms with Gasteiger partial charge < -0.3 is 18.9 Å². The van der Waals surface area contributed by atoms with Crippen molar-refractivity contribution < 1.29 is 18.9 Å². The van der Waals surface area contributed by atoms with Gasteiger partial charge in [-0.15, -0.1) is 0 Å². The van der Waals surface area contributed by atoms with Crippen LogP contribution in [0.5, 0.6) is 23.0 Å². The molecule has 0 heterocycles. The molecule has 0 saturated heterocycles. The fourth-order valence-corrected chi connectivity index (χ4v) is 3.68. The van der Waals surface area contributed by atoms with Gasteiger partial charge >= 0.3 is 0 Å². The van der Waals surface area contributed by atoms with Crippen LogP contribution in [0.4, 0.5) is 0 Å². The zero-order chi connectivity index (χ0) is 19.9. The fourth-order valence-electron chi connectivity index (χ4n) is 3.68. The van der Waals surface area contributed by atoms with E-state index >= 15 is 0 Å². The monoisotopic (exact) mass is 380 g/mol. The summed E-state index contributed by atoms with van der Waals surface area (Å²) in [5.74, 6) is 3.72. The maximum atomic E-state index is 5.49. The first-order chi connectivity index (χ1) is 13.7. The first-order valence-corrected chi connectivity index (χ1v) is 9.49. The van der Waals surface area contributed by atoms with E-state index in [4.69, 9.17) is 18.9 Å². The highest BCUT2D eigenvalue weighted by Gasteiger charge is 2.22. The van der Waals surface area contributed by atoms with Crippen LogP contribution in [0.3, 0.4) is 0 Å². The topological polar surface area (TPSA) is 36.9 Å². The summed E-state index contributed by atoms with van der Waals surface area (Å²) in [7, 11) is 6.64. The largest absolute Gasteiger partial charge is 0.493 e. The Morgan fingerprint density at radius 2 is 1.43 bits per heavy atom. The minimum absolute atomic E-state index is 0.310. The quantitative estimate of drug-likeness (QED) is 0.596. The number of allylic oxidation sites excluding steroid dienone is 3. The molecule has 0 amide bonds. The Morgan fingerprint density at radius 1 is 0.786 bits per heavy atom. The van der Waals surface area contributed by atoms with Crippen LogP contribution in [-0.4, -0.2) is 28.4 Å². The zero-order valence-corrected chi connectivity index (χ0v) is 17.0. The SMILES string of the molecule is COc1ccc(C=C[C@@H]2CCC=C[C@H]2c2ccc(OC)c(OC)c2)cc1OC. The van der Waals surface area contributed by atoms with Gasteiger partial charge in [-0.05, 0) is 54.2 Å². The first kappa shape index (κ1) is 19.9. The fraction of sp³-hybridized carbons (Fsp3) is 0.333. The predicted octanol–water partition coefficient (Wildman–Crippen LogP) is 5.48. The molecule has 2 aromatic carbocycles. The van der Waals surface area contributed by atoms with Crippen molar-refractivity contribution >= 4 is 6.08 Å². The summed E-state index contributed by atoms with van der Waals surface area (Å²) in [6.45, 7) is 0. The third kappa shape index (κ3) is 4.33. The van der Waals surface area contributed by atoms with Crippen molar-refractivity contribution in [3.63, 3.8) is 0 Å². The summed E-state index contributed by atoms with van der Waals surface area (Å²) in [5, 5.41) is 0. The summed E-state index contributed by atoms with van der Waals surface area (Å²) >= 11 is 0. The molecule has 2 atom stereocenters. The van der Waals surface area contributed by atoms with Crippen molar-refractivity contribution in [2.75, 3.05) is 28.4 Å². The lowest BCUT2D eigenvalue weighted by Gasteiger charge is -2.26. The van der Waals surface area contributed by atoms with Gasteiger partial charge in [0.1, 0.15) is 0 Å². The molecule has 3 rings (SSSR count). The molecule has 0 bridgehead atoms. The minimum Gasteiger partial charge on any atom is -0.493 e. The molecular weight excluding hydrogens is 352 g/mol. The summed E-state index contributed by atoms with van der Waals surface area (Å²) < 4.78 is 21.6. The maximum absolute atomic E-state index is 5.49. The Balaban J connectivity index is 1.85. The lowest BCUT2D eigenvalue weighted by Crippen LogP contribution is -2.12. The van der Waals surface area contributed by atoms with Crippen molar-refractivity contribution in [3.05, 3.63) is 65.8 Å². The number of hydrogen-bond donors (Lipinski definition) is 0. The van der Waals surface area contributed by atoms with E-state index < -0.39 is 0 Å². The zero-order valence-electron chi connectivity index (χ0n) is 17.0. The molecule has 0 aliphatic heterocycles. The Bertz CT molecular complexity index is 854. The van der Waals surface area contributed by atoms with E-state index in [0.29, 0.717) is 11.8 Å². The van der Waals surface area contributed by atoms with Gasteiger partial charge in [-0.1, -0.05) is 36.4 Å². The second kappa shape index (κ2) is 9.36. The third-order valence-electron chi connectivity index (χ3n) is 5.21. The summed E-state index contributed by atoms with van der Waals surface area (Å²) in [6, 6.07) is 12.2. The molecular formula is C24H28O4. The molecule has 4 nitrogen and oxygen atoms in total. The lowest BCUT2D eigenvalue weighted by molar-refractivity contribution is 0.354. The van der Waals surface area contributed by atoms with E-state index in [1.165, 1.54) is 5.56 Å². The van der Waals surface area contributed by atoms with Gasteiger partial charge in [-0.25, -0.2) is 0 Å². The van der Waals surface area contributed by atoms with Crippen LogP contribution in [0.15, 0.2) is 54.6 Å². The lowest BCUT2D eigenvalue weighted by atomic mass is 9.79. The summed E-state index contributed by atoms with van der Waals surface area (Å²) in [6.07, 6.45) is 11.2. The number of hydrogen-bond acceptors (Lipinski definition) is 4. The molecule has 0 aromatic heterocycles. The average Bonchev–Trinajstić information content (AvgIpc) is 2.77. The van der Waals surface area contributed by atoms with Crippen LogP contribution in [0, 0.1) is 5.92 Å². The molecule has 148 valence electrons. The van der Waals surface area contributed by atoms with Crippen LogP contribution in [0.1, 0.15) is 29.9 Å². The van der Waals surface area contributed by atoms with Crippen molar-refractivity contribution in [2.24, 2.45) is 5.92 Å². The standard InChI is InChI=1S/C24H28O4/c1-25-21-13-10-17(15-23(21)27-3)9-11-18-7-5-6-8-20(18)19-12-14-22(26-2)24(16-19)28-4/h6,8-16,18,20H,5,7H2,1-4H3/t18-,20+/m0/s1. The normalized spacial score (nSPS) is 18.9. The minimum atomic E-state index is 0.310. The number of benzene rings is 2. The molecule has 0 radical (unpaired) electrons. The van der Waals surface area contributed by atoms with E-state index in [0.717, 1.165) is 41.4 Å². The van der Waals surface area contributed by atoms with Crippen LogP contribution in [0.2, 0.25) is 0 Å². The number of rotatable bonds is 7. The highest BCUT2D eigenvalue weighted by Crippen LogP contribution is 2.39. The molecule has 0 unspecified atom stereocenters. The molecule has 4 heteroatoms. The molecule has 0 spiro atoms. The third-order valence-corrected chi connectivity index (χ3v) is 5.21. The van der Waals surface area contributed by atoms with Crippen LogP contribution in [0.25, 0.3) is 6.08 Å². The van der Waals surface area contributed by atoms with E-state index in [9.17, 15) is 0 Å². The van der Waals surface area contributed by atoms with Gasteiger partial charge in [-0.3, -0.25) is 0 Å².